The molecule has 0 aliphatic heterocycles. The lowest BCUT2D eigenvalue weighted by Crippen LogP contribution is -2.33. The minimum absolute atomic E-state index is 0.122. The lowest BCUT2D eigenvalue weighted by atomic mass is 10.1. The van der Waals surface area contributed by atoms with Gasteiger partial charge in [-0.25, -0.2) is 4.79 Å². The van der Waals surface area contributed by atoms with Gasteiger partial charge in [-0.3, -0.25) is 14.3 Å². The van der Waals surface area contributed by atoms with Crippen LogP contribution < -0.4 is 17.0 Å². The van der Waals surface area contributed by atoms with E-state index in [9.17, 15) is 9.59 Å². The molecule has 0 saturated carbocycles. The Bertz CT molecular complexity index is 690. The van der Waals surface area contributed by atoms with Crippen molar-refractivity contribution in [2.45, 2.75) is 13.0 Å². The predicted octanol–water partition coefficient (Wildman–Crippen LogP) is 1.38. The number of halogens is 1. The zero-order chi connectivity index (χ0) is 13.3. The fraction of sp³-hybridized carbons (Fsp3) is 0.167. The van der Waals surface area contributed by atoms with Gasteiger partial charge in [0.15, 0.2) is 0 Å². The van der Waals surface area contributed by atoms with Gasteiger partial charge in [0, 0.05) is 11.1 Å². The summed E-state index contributed by atoms with van der Waals surface area (Å²) in [5, 5.41) is 0.579. The molecule has 2 rings (SSSR count). The minimum atomic E-state index is -0.535. The van der Waals surface area contributed by atoms with E-state index in [-0.39, 0.29) is 11.9 Å². The Balaban J connectivity index is 2.56. The molecule has 0 radical (unpaired) electrons. The average molecular weight is 266 g/mol. The molecule has 5 nitrogen and oxygen atoms in total. The highest BCUT2D eigenvalue weighted by molar-refractivity contribution is 6.30. The van der Waals surface area contributed by atoms with Crippen LogP contribution in [0.3, 0.4) is 0 Å². The van der Waals surface area contributed by atoms with E-state index in [0.717, 1.165) is 5.56 Å². The lowest BCUT2D eigenvalue weighted by Gasteiger charge is -2.17. The maximum Gasteiger partial charge on any atom is 0.330 e. The van der Waals surface area contributed by atoms with Gasteiger partial charge in [-0.05, 0) is 24.6 Å². The monoisotopic (exact) mass is 265 g/mol. The topological polar surface area (TPSA) is 80.9 Å². The third-order valence-electron chi connectivity index (χ3n) is 2.72. The number of anilines is 1. The first-order valence-corrected chi connectivity index (χ1v) is 5.73. The van der Waals surface area contributed by atoms with Crippen molar-refractivity contribution in [3.63, 3.8) is 0 Å². The normalized spacial score (nSPS) is 12.3. The number of nitrogens with one attached hydrogen (secondary N) is 1. The van der Waals surface area contributed by atoms with Gasteiger partial charge in [-0.2, -0.15) is 0 Å². The maximum atomic E-state index is 11.8. The molecule has 0 spiro atoms. The maximum absolute atomic E-state index is 11.8. The van der Waals surface area contributed by atoms with E-state index in [0.29, 0.717) is 5.02 Å². The highest BCUT2D eigenvalue weighted by Crippen LogP contribution is 2.21. The number of aromatic nitrogens is 2. The Labute approximate surface area is 108 Å². The van der Waals surface area contributed by atoms with Crippen molar-refractivity contribution in [1.29, 1.82) is 0 Å². The van der Waals surface area contributed by atoms with Crippen molar-refractivity contribution < 1.29 is 0 Å². The molecule has 0 fully saturated rings. The van der Waals surface area contributed by atoms with Crippen LogP contribution in [-0.4, -0.2) is 9.55 Å². The van der Waals surface area contributed by atoms with Crippen molar-refractivity contribution in [3.8, 4) is 0 Å². The number of rotatable bonds is 2. The molecule has 1 aromatic carbocycles. The number of aromatic amines is 1. The summed E-state index contributed by atoms with van der Waals surface area (Å²) in [7, 11) is 0. The minimum Gasteiger partial charge on any atom is -0.385 e. The first-order valence-electron chi connectivity index (χ1n) is 5.36. The molecule has 0 bridgehead atoms. The van der Waals surface area contributed by atoms with Gasteiger partial charge < -0.3 is 5.73 Å². The number of nitrogens with two attached hydrogens (primary N) is 1. The summed E-state index contributed by atoms with van der Waals surface area (Å²) in [5.41, 5.74) is 5.50. The van der Waals surface area contributed by atoms with E-state index >= 15 is 0 Å². The number of nitrogens with zero attached hydrogens (tertiary/aromatic N) is 1. The van der Waals surface area contributed by atoms with Gasteiger partial charge >= 0.3 is 5.69 Å². The zero-order valence-corrected chi connectivity index (χ0v) is 10.4. The van der Waals surface area contributed by atoms with Crippen LogP contribution in [0.5, 0.6) is 0 Å². The summed E-state index contributed by atoms with van der Waals surface area (Å²) in [6, 6.07) is 8.00. The molecular weight excluding hydrogens is 254 g/mol. The van der Waals surface area contributed by atoms with Gasteiger partial charge in [0.2, 0.25) is 0 Å². The molecule has 0 amide bonds. The van der Waals surface area contributed by atoms with Crippen LogP contribution in [0.2, 0.25) is 5.02 Å². The summed E-state index contributed by atoms with van der Waals surface area (Å²) in [4.78, 5) is 25.0. The first-order chi connectivity index (χ1) is 8.49. The van der Waals surface area contributed by atoms with Crippen LogP contribution in [0.25, 0.3) is 0 Å². The fourth-order valence-electron chi connectivity index (χ4n) is 1.84. The SMILES string of the molecule is CC(c1cccc(Cl)c1)n1c(N)cc(=O)[nH]c1=O. The van der Waals surface area contributed by atoms with Crippen LogP contribution in [0.15, 0.2) is 39.9 Å². The predicted molar refractivity (Wildman–Crippen MR) is 71.0 cm³/mol. The third-order valence-corrected chi connectivity index (χ3v) is 2.96. The summed E-state index contributed by atoms with van der Waals surface area (Å²) >= 11 is 5.90. The number of H-pyrrole nitrogens is 1. The van der Waals surface area contributed by atoms with Crippen LogP contribution in [0.4, 0.5) is 5.82 Å². The van der Waals surface area contributed by atoms with Crippen molar-refractivity contribution >= 4 is 17.4 Å². The summed E-state index contributed by atoms with van der Waals surface area (Å²) in [5.74, 6) is 0.122. The first kappa shape index (κ1) is 12.4. The number of nitrogen functional groups attached to an aromatic ring is 1. The second-order valence-corrected chi connectivity index (χ2v) is 4.40. The van der Waals surface area contributed by atoms with Crippen LogP contribution in [0.1, 0.15) is 18.5 Å². The molecule has 1 unspecified atom stereocenters. The van der Waals surface area contributed by atoms with E-state index in [1.807, 2.05) is 13.0 Å². The Morgan fingerprint density at radius 3 is 2.67 bits per heavy atom. The highest BCUT2D eigenvalue weighted by Gasteiger charge is 2.13. The number of benzene rings is 1. The second kappa shape index (κ2) is 4.70. The van der Waals surface area contributed by atoms with E-state index < -0.39 is 11.2 Å². The molecule has 0 aliphatic rings. The third kappa shape index (κ3) is 2.31. The molecule has 3 N–H and O–H groups in total. The van der Waals surface area contributed by atoms with Crippen LogP contribution in [0, 0.1) is 0 Å². The fourth-order valence-corrected chi connectivity index (χ4v) is 2.04. The molecule has 0 aliphatic carbocycles. The van der Waals surface area contributed by atoms with E-state index in [1.165, 1.54) is 10.6 Å². The standard InChI is InChI=1S/C12H12ClN3O2/c1-7(8-3-2-4-9(13)5-8)16-10(14)6-11(17)15-12(16)18/h2-7H,14H2,1H3,(H,15,17,18). The number of hydrogen-bond donors (Lipinski definition) is 2. The van der Waals surface area contributed by atoms with Gasteiger partial charge in [-0.15, -0.1) is 0 Å². The molecule has 1 heterocycles. The van der Waals surface area contributed by atoms with E-state index in [1.54, 1.807) is 18.2 Å². The van der Waals surface area contributed by atoms with E-state index in [2.05, 4.69) is 4.98 Å². The smallest absolute Gasteiger partial charge is 0.330 e. The van der Waals surface area contributed by atoms with E-state index in [4.69, 9.17) is 17.3 Å². The Morgan fingerprint density at radius 2 is 2.06 bits per heavy atom. The average Bonchev–Trinajstić information content (AvgIpc) is 2.27. The highest BCUT2D eigenvalue weighted by atomic mass is 35.5. The molecule has 2 aromatic rings. The Hall–Kier alpha value is -2.01. The van der Waals surface area contributed by atoms with Gasteiger partial charge in [0.25, 0.3) is 5.56 Å². The van der Waals surface area contributed by atoms with Gasteiger partial charge in [-0.1, -0.05) is 23.7 Å². The van der Waals surface area contributed by atoms with Crippen LogP contribution in [-0.2, 0) is 0 Å². The summed E-state index contributed by atoms with van der Waals surface area (Å²) in [6.07, 6.45) is 0. The molecule has 1 atom stereocenters. The van der Waals surface area contributed by atoms with Gasteiger partial charge in [0.1, 0.15) is 5.82 Å². The molecule has 6 heteroatoms. The molecule has 94 valence electrons. The zero-order valence-electron chi connectivity index (χ0n) is 9.68. The Morgan fingerprint density at radius 1 is 1.33 bits per heavy atom. The van der Waals surface area contributed by atoms with Crippen LogP contribution >= 0.6 is 11.6 Å². The quantitative estimate of drug-likeness (QED) is 0.861. The molecular formula is C12H12ClN3O2. The molecule has 0 saturated heterocycles. The second-order valence-electron chi connectivity index (χ2n) is 3.96. The molecule has 18 heavy (non-hydrogen) atoms. The van der Waals surface area contributed by atoms with Crippen molar-refractivity contribution in [1.82, 2.24) is 9.55 Å². The lowest BCUT2D eigenvalue weighted by molar-refractivity contribution is 0.604. The summed E-state index contributed by atoms with van der Waals surface area (Å²) < 4.78 is 1.31. The largest absolute Gasteiger partial charge is 0.385 e. The number of hydrogen-bond acceptors (Lipinski definition) is 3. The Kier molecular flexibility index (Phi) is 3.25. The van der Waals surface area contributed by atoms with Crippen molar-refractivity contribution in [3.05, 3.63) is 61.8 Å². The summed E-state index contributed by atoms with van der Waals surface area (Å²) in [6.45, 7) is 1.81. The van der Waals surface area contributed by atoms with Gasteiger partial charge in [0.05, 0.1) is 6.04 Å². The van der Waals surface area contributed by atoms with Crippen molar-refractivity contribution in [2.75, 3.05) is 5.73 Å². The van der Waals surface area contributed by atoms with Crippen molar-refractivity contribution in [2.24, 2.45) is 0 Å². The molecule has 1 aromatic heterocycles.